The van der Waals surface area contributed by atoms with E-state index < -0.39 is 15.6 Å². The van der Waals surface area contributed by atoms with Gasteiger partial charge in [0, 0.05) is 20.2 Å². The van der Waals surface area contributed by atoms with Crippen LogP contribution in [0, 0.1) is 4.77 Å². The number of benzene rings is 1. The van der Waals surface area contributed by atoms with Crippen molar-refractivity contribution in [2.75, 3.05) is 26.8 Å². The molecule has 2 N–H and O–H groups in total. The molecule has 1 aromatic carbocycles. The van der Waals surface area contributed by atoms with E-state index >= 15 is 0 Å². The summed E-state index contributed by atoms with van der Waals surface area (Å²) in [6.07, 6.45) is 1.69. The molecule has 0 radical (unpaired) electrons. The third-order valence-corrected chi connectivity index (χ3v) is 7.09. The second-order valence-electron chi connectivity index (χ2n) is 6.91. The van der Waals surface area contributed by atoms with E-state index in [1.165, 1.54) is 28.1 Å². The molecule has 2 heterocycles. The fourth-order valence-electron chi connectivity index (χ4n) is 3.32. The summed E-state index contributed by atoms with van der Waals surface area (Å²) in [6.45, 7) is 3.12. The summed E-state index contributed by atoms with van der Waals surface area (Å²) in [4.78, 5) is 19.5. The first-order chi connectivity index (χ1) is 14.3. The quantitative estimate of drug-likeness (QED) is 0.491. The van der Waals surface area contributed by atoms with Crippen molar-refractivity contribution in [3.05, 3.63) is 45.0 Å². The first-order valence-electron chi connectivity index (χ1n) is 9.46. The largest absolute Gasteiger partial charge is 0.494 e. The van der Waals surface area contributed by atoms with Crippen LogP contribution in [0.25, 0.3) is 0 Å². The molecular weight excluding hydrogens is 428 g/mol. The standard InChI is InChI=1S/C19H24N4O5S2/c1-13(16-17(24)21-19(29)23(18(16)25)10-11-28-2)20-14-6-5-7-15(12-14)30(26,27)22-8-3-4-9-22/h5-7,12,25H,3-4,8-11H2,1-2H3,(H,21,24,29). The smallest absolute Gasteiger partial charge is 0.264 e. The van der Waals surface area contributed by atoms with Crippen molar-refractivity contribution in [1.29, 1.82) is 0 Å². The number of rotatable bonds is 7. The van der Waals surface area contributed by atoms with Crippen LogP contribution in [0.2, 0.25) is 0 Å². The van der Waals surface area contributed by atoms with Crippen molar-refractivity contribution in [2.24, 2.45) is 4.99 Å². The molecule has 1 fully saturated rings. The Morgan fingerprint density at radius 2 is 2.03 bits per heavy atom. The summed E-state index contributed by atoms with van der Waals surface area (Å²) in [6, 6.07) is 6.22. The first kappa shape index (κ1) is 22.3. The van der Waals surface area contributed by atoms with Crippen LogP contribution in [0.5, 0.6) is 5.88 Å². The fourth-order valence-corrected chi connectivity index (χ4v) is 5.14. The molecule has 1 aliphatic heterocycles. The summed E-state index contributed by atoms with van der Waals surface area (Å²) in [5.74, 6) is -0.317. The number of hydrogen-bond acceptors (Lipinski definition) is 7. The zero-order valence-corrected chi connectivity index (χ0v) is 18.4. The van der Waals surface area contributed by atoms with Crippen molar-refractivity contribution in [3.63, 3.8) is 0 Å². The van der Waals surface area contributed by atoms with Crippen LogP contribution in [0.15, 0.2) is 38.9 Å². The topological polar surface area (TPSA) is 117 Å². The SMILES string of the molecule is COCCn1c(O)c(C(C)=Nc2cccc(S(=O)(=O)N3CCCC3)c2)c(=O)[nH]c1=S. The molecule has 1 aromatic heterocycles. The highest BCUT2D eigenvalue weighted by atomic mass is 32.2. The molecule has 0 spiro atoms. The van der Waals surface area contributed by atoms with Crippen LogP contribution in [0.4, 0.5) is 5.69 Å². The zero-order chi connectivity index (χ0) is 21.9. The van der Waals surface area contributed by atoms with Crippen LogP contribution in [-0.4, -0.2) is 59.9 Å². The molecule has 30 heavy (non-hydrogen) atoms. The predicted molar refractivity (Wildman–Crippen MR) is 116 cm³/mol. The lowest BCUT2D eigenvalue weighted by atomic mass is 10.2. The molecule has 0 unspecified atom stereocenters. The Morgan fingerprint density at radius 3 is 2.70 bits per heavy atom. The molecule has 9 nitrogen and oxygen atoms in total. The number of sulfonamides is 1. The lowest BCUT2D eigenvalue weighted by molar-refractivity contribution is 0.182. The average Bonchev–Trinajstić information content (AvgIpc) is 3.23. The Kier molecular flexibility index (Phi) is 6.86. The maximum atomic E-state index is 12.8. The van der Waals surface area contributed by atoms with E-state index in [0.717, 1.165) is 12.8 Å². The molecule has 162 valence electrons. The van der Waals surface area contributed by atoms with Crippen LogP contribution in [0.3, 0.4) is 0 Å². The number of nitrogens with zero attached hydrogens (tertiary/aromatic N) is 3. The zero-order valence-electron chi connectivity index (χ0n) is 16.8. The van der Waals surface area contributed by atoms with Crippen molar-refractivity contribution in [1.82, 2.24) is 13.9 Å². The molecule has 2 aromatic rings. The Bertz CT molecular complexity index is 1180. The highest BCUT2D eigenvalue weighted by molar-refractivity contribution is 7.89. The van der Waals surface area contributed by atoms with Gasteiger partial charge in [-0.05, 0) is 50.2 Å². The Balaban J connectivity index is 2.00. The van der Waals surface area contributed by atoms with E-state index in [-0.39, 0.29) is 33.4 Å². The number of H-pyrrole nitrogens is 1. The number of hydrogen-bond donors (Lipinski definition) is 2. The van der Waals surface area contributed by atoms with Gasteiger partial charge in [-0.3, -0.25) is 19.3 Å². The number of aromatic nitrogens is 2. The summed E-state index contributed by atoms with van der Waals surface area (Å²) in [7, 11) is -2.07. The fraction of sp³-hybridized carbons (Fsp3) is 0.421. The third kappa shape index (κ3) is 4.53. The van der Waals surface area contributed by atoms with E-state index in [2.05, 4.69) is 9.98 Å². The number of methoxy groups -OCH3 is 1. The Hall–Kier alpha value is -2.34. The highest BCUT2D eigenvalue weighted by Gasteiger charge is 2.27. The van der Waals surface area contributed by atoms with Crippen molar-refractivity contribution < 1.29 is 18.3 Å². The summed E-state index contributed by atoms with van der Waals surface area (Å²) < 4.78 is 33.5. The van der Waals surface area contributed by atoms with E-state index in [4.69, 9.17) is 17.0 Å². The van der Waals surface area contributed by atoms with Crippen LogP contribution < -0.4 is 5.56 Å². The second-order valence-corrected chi connectivity index (χ2v) is 9.23. The molecule has 11 heteroatoms. The average molecular weight is 453 g/mol. The normalized spacial score (nSPS) is 15.6. The predicted octanol–water partition coefficient (Wildman–Crippen LogP) is 2.18. The molecule has 0 saturated carbocycles. The van der Waals surface area contributed by atoms with Gasteiger partial charge in [0.1, 0.15) is 5.56 Å². The van der Waals surface area contributed by atoms with Gasteiger partial charge in [-0.25, -0.2) is 8.42 Å². The first-order valence-corrected chi connectivity index (χ1v) is 11.3. The van der Waals surface area contributed by atoms with Crippen LogP contribution in [-0.2, 0) is 21.3 Å². The minimum atomic E-state index is -3.59. The van der Waals surface area contributed by atoms with Gasteiger partial charge in [-0.1, -0.05) is 6.07 Å². The Morgan fingerprint density at radius 1 is 1.33 bits per heavy atom. The van der Waals surface area contributed by atoms with Gasteiger partial charge in [0.25, 0.3) is 5.56 Å². The van der Waals surface area contributed by atoms with Gasteiger partial charge in [-0.2, -0.15) is 4.31 Å². The maximum absolute atomic E-state index is 12.8. The lowest BCUT2D eigenvalue weighted by Crippen LogP contribution is -2.27. The molecule has 0 atom stereocenters. The minimum absolute atomic E-state index is 0.0347. The number of aromatic amines is 1. The molecule has 0 bridgehead atoms. The van der Waals surface area contributed by atoms with E-state index in [1.807, 2.05) is 0 Å². The lowest BCUT2D eigenvalue weighted by Gasteiger charge is -2.15. The van der Waals surface area contributed by atoms with Crippen LogP contribution >= 0.6 is 12.2 Å². The van der Waals surface area contributed by atoms with E-state index in [0.29, 0.717) is 25.4 Å². The molecule has 1 aliphatic rings. The van der Waals surface area contributed by atoms with Gasteiger partial charge in [0.15, 0.2) is 4.77 Å². The number of aliphatic imine (C=N–C) groups is 1. The van der Waals surface area contributed by atoms with Gasteiger partial charge < -0.3 is 9.84 Å². The third-order valence-electron chi connectivity index (χ3n) is 4.87. The molecule has 3 rings (SSSR count). The Labute approximate surface area is 179 Å². The monoisotopic (exact) mass is 452 g/mol. The van der Waals surface area contributed by atoms with Crippen molar-refractivity contribution in [3.8, 4) is 5.88 Å². The van der Waals surface area contributed by atoms with Crippen molar-refractivity contribution in [2.45, 2.75) is 31.2 Å². The van der Waals surface area contributed by atoms with Gasteiger partial charge in [0.2, 0.25) is 15.9 Å². The summed E-state index contributed by atoms with van der Waals surface area (Å²) in [5, 5.41) is 10.6. The second kappa shape index (κ2) is 9.21. The van der Waals surface area contributed by atoms with Gasteiger partial charge in [-0.15, -0.1) is 0 Å². The number of nitrogens with one attached hydrogen (secondary N) is 1. The number of ether oxygens (including phenoxy) is 1. The molecule has 1 saturated heterocycles. The summed E-state index contributed by atoms with van der Waals surface area (Å²) >= 11 is 5.11. The van der Waals surface area contributed by atoms with E-state index in [1.54, 1.807) is 19.1 Å². The van der Waals surface area contributed by atoms with Crippen LogP contribution in [0.1, 0.15) is 25.3 Å². The van der Waals surface area contributed by atoms with E-state index in [9.17, 15) is 18.3 Å². The van der Waals surface area contributed by atoms with Gasteiger partial charge >= 0.3 is 0 Å². The highest BCUT2D eigenvalue weighted by Crippen LogP contribution is 2.25. The maximum Gasteiger partial charge on any atom is 0.264 e. The number of aromatic hydroxyl groups is 1. The molecular formula is C19H24N4O5S2. The summed E-state index contributed by atoms with van der Waals surface area (Å²) in [5.41, 5.74) is -0.0242. The minimum Gasteiger partial charge on any atom is -0.494 e. The molecule has 0 amide bonds. The van der Waals surface area contributed by atoms with Gasteiger partial charge in [0.05, 0.1) is 29.4 Å². The molecule has 0 aliphatic carbocycles. The van der Waals surface area contributed by atoms with Crippen molar-refractivity contribution >= 4 is 33.6 Å².